The number of halogens is 2. The van der Waals surface area contributed by atoms with Crippen LogP contribution < -0.4 is 0 Å². The van der Waals surface area contributed by atoms with Crippen LogP contribution >= 0.6 is 43.2 Å². The molecule has 1 atom stereocenters. The molecule has 0 bridgehead atoms. The smallest absolute Gasteiger partial charge is 0.0741 e. The Kier molecular flexibility index (Phi) is 3.65. The van der Waals surface area contributed by atoms with Crippen LogP contribution in [0.3, 0.4) is 0 Å². The van der Waals surface area contributed by atoms with E-state index in [-0.39, 0.29) is 0 Å². The van der Waals surface area contributed by atoms with E-state index in [1.54, 1.807) is 11.3 Å². The highest BCUT2D eigenvalue weighted by atomic mass is 79.9. The van der Waals surface area contributed by atoms with E-state index in [9.17, 15) is 0 Å². The first-order valence-corrected chi connectivity index (χ1v) is 7.16. The number of aryl methyl sites for hydroxylation is 1. The zero-order valence-electron chi connectivity index (χ0n) is 8.21. The van der Waals surface area contributed by atoms with E-state index in [1.807, 2.05) is 0 Å². The van der Waals surface area contributed by atoms with Crippen LogP contribution in [0.15, 0.2) is 40.2 Å². The monoisotopic (exact) mass is 344 g/mol. The molecular weight excluding hydrogens is 336 g/mol. The lowest BCUT2D eigenvalue weighted by Crippen LogP contribution is -1.92. The molecule has 1 aromatic carbocycles. The van der Waals surface area contributed by atoms with Gasteiger partial charge in [-0.25, -0.2) is 0 Å². The minimum absolute atomic E-state index is 0.301. The van der Waals surface area contributed by atoms with Crippen molar-refractivity contribution in [2.24, 2.45) is 0 Å². The summed E-state index contributed by atoms with van der Waals surface area (Å²) in [6, 6.07) is 12.7. The van der Waals surface area contributed by atoms with E-state index in [2.05, 4.69) is 75.2 Å². The van der Waals surface area contributed by atoms with Gasteiger partial charge >= 0.3 is 0 Å². The Labute approximate surface area is 111 Å². The van der Waals surface area contributed by atoms with Gasteiger partial charge in [-0.05, 0) is 46.1 Å². The second-order valence-electron chi connectivity index (χ2n) is 3.36. The first-order valence-electron chi connectivity index (χ1n) is 4.63. The lowest BCUT2D eigenvalue weighted by molar-refractivity contribution is 1.18. The molecule has 0 radical (unpaired) electrons. The van der Waals surface area contributed by atoms with Crippen LogP contribution in [-0.4, -0.2) is 0 Å². The fraction of sp³-hybridized carbons (Fsp3) is 0.167. The molecule has 0 amide bonds. The maximum absolute atomic E-state index is 3.75. The highest BCUT2D eigenvalue weighted by Crippen LogP contribution is 2.37. The fourth-order valence-corrected chi connectivity index (χ4v) is 3.86. The van der Waals surface area contributed by atoms with Crippen molar-refractivity contribution in [3.05, 3.63) is 56.2 Å². The van der Waals surface area contributed by atoms with Crippen molar-refractivity contribution >= 4 is 43.2 Å². The van der Waals surface area contributed by atoms with Gasteiger partial charge in [-0.2, -0.15) is 0 Å². The average Bonchev–Trinajstić information content (AvgIpc) is 2.65. The molecule has 0 aliphatic rings. The molecule has 0 N–H and O–H groups in total. The minimum Gasteiger partial charge on any atom is -0.132 e. The van der Waals surface area contributed by atoms with Gasteiger partial charge < -0.3 is 0 Å². The summed E-state index contributed by atoms with van der Waals surface area (Å²) in [5, 5.41) is 0. The zero-order valence-corrected chi connectivity index (χ0v) is 12.2. The van der Waals surface area contributed by atoms with Gasteiger partial charge in [-0.1, -0.05) is 40.2 Å². The number of thiophene rings is 1. The van der Waals surface area contributed by atoms with Crippen molar-refractivity contribution < 1.29 is 0 Å². The van der Waals surface area contributed by atoms with Crippen LogP contribution in [0, 0.1) is 6.92 Å². The number of rotatable bonds is 2. The minimum atomic E-state index is 0.301. The summed E-state index contributed by atoms with van der Waals surface area (Å²) in [7, 11) is 0. The predicted octanol–water partition coefficient (Wildman–Crippen LogP) is 5.30. The summed E-state index contributed by atoms with van der Waals surface area (Å²) < 4.78 is 1.18. The molecule has 2 aromatic rings. The first-order chi connectivity index (χ1) is 7.18. The molecule has 2 rings (SSSR count). The summed E-state index contributed by atoms with van der Waals surface area (Å²) in [4.78, 5) is 1.63. The zero-order chi connectivity index (χ0) is 10.8. The van der Waals surface area contributed by atoms with Crippen molar-refractivity contribution in [1.29, 1.82) is 0 Å². The van der Waals surface area contributed by atoms with Crippen molar-refractivity contribution in [3.63, 3.8) is 0 Å². The average molecular weight is 346 g/mol. The van der Waals surface area contributed by atoms with E-state index >= 15 is 0 Å². The van der Waals surface area contributed by atoms with Crippen LogP contribution in [0.4, 0.5) is 0 Å². The van der Waals surface area contributed by atoms with Gasteiger partial charge in [0.05, 0.1) is 8.61 Å². The van der Waals surface area contributed by atoms with Gasteiger partial charge in [0.1, 0.15) is 0 Å². The molecule has 0 fully saturated rings. The van der Waals surface area contributed by atoms with Gasteiger partial charge in [0.25, 0.3) is 0 Å². The van der Waals surface area contributed by atoms with Crippen LogP contribution in [0.25, 0.3) is 0 Å². The maximum Gasteiger partial charge on any atom is 0.0741 e. The molecule has 1 unspecified atom stereocenters. The first kappa shape index (κ1) is 11.4. The number of hydrogen-bond donors (Lipinski definition) is 0. The number of benzene rings is 1. The van der Waals surface area contributed by atoms with Crippen LogP contribution in [0.1, 0.15) is 20.8 Å². The van der Waals surface area contributed by atoms with E-state index < -0.39 is 0 Å². The lowest BCUT2D eigenvalue weighted by Gasteiger charge is -2.10. The second kappa shape index (κ2) is 4.81. The topological polar surface area (TPSA) is 0 Å². The third kappa shape index (κ3) is 2.52. The Morgan fingerprint density at radius 3 is 2.47 bits per heavy atom. The predicted molar refractivity (Wildman–Crippen MR) is 74.0 cm³/mol. The molecule has 1 heterocycles. The lowest BCUT2D eigenvalue weighted by atomic mass is 10.1. The van der Waals surface area contributed by atoms with E-state index in [4.69, 9.17) is 0 Å². The van der Waals surface area contributed by atoms with Gasteiger partial charge in [0.2, 0.25) is 0 Å². The molecule has 3 heteroatoms. The quantitative estimate of drug-likeness (QED) is 0.647. The summed E-state index contributed by atoms with van der Waals surface area (Å²) >= 11 is 9.01. The summed E-state index contributed by atoms with van der Waals surface area (Å²) in [6.07, 6.45) is 0. The van der Waals surface area contributed by atoms with E-state index in [1.165, 1.54) is 19.8 Å². The molecule has 0 saturated carbocycles. The molecule has 0 aliphatic carbocycles. The highest BCUT2D eigenvalue weighted by Gasteiger charge is 2.13. The third-order valence-corrected chi connectivity index (χ3v) is 5.28. The molecular formula is C12H10Br2S. The standard InChI is InChI=1S/C12H10Br2S/c1-8-4-2-3-5-9(8)12(14)10-6-7-11(13)15-10/h2-7,12H,1H3. The Bertz CT molecular complexity index is 462. The Morgan fingerprint density at radius 2 is 1.87 bits per heavy atom. The SMILES string of the molecule is Cc1ccccc1C(Br)c1ccc(Br)s1. The van der Waals surface area contributed by atoms with Crippen molar-refractivity contribution in [3.8, 4) is 0 Å². The van der Waals surface area contributed by atoms with Gasteiger partial charge in [-0.3, -0.25) is 0 Å². The van der Waals surface area contributed by atoms with Gasteiger partial charge in [-0.15, -0.1) is 11.3 Å². The van der Waals surface area contributed by atoms with Crippen LogP contribution in [-0.2, 0) is 0 Å². The Hall–Kier alpha value is -0.120. The van der Waals surface area contributed by atoms with E-state index in [0.29, 0.717) is 4.83 Å². The van der Waals surface area contributed by atoms with Crippen LogP contribution in [0.5, 0.6) is 0 Å². The maximum atomic E-state index is 3.75. The Balaban J connectivity index is 2.36. The molecule has 78 valence electrons. The highest BCUT2D eigenvalue weighted by molar-refractivity contribution is 9.11. The molecule has 15 heavy (non-hydrogen) atoms. The summed E-state index contributed by atoms with van der Waals surface area (Å²) in [6.45, 7) is 2.15. The summed E-state index contributed by atoms with van der Waals surface area (Å²) in [5.41, 5.74) is 2.66. The summed E-state index contributed by atoms with van der Waals surface area (Å²) in [5.74, 6) is 0. The number of alkyl halides is 1. The Morgan fingerprint density at radius 1 is 1.13 bits per heavy atom. The second-order valence-corrected chi connectivity index (χ2v) is 6.77. The molecule has 0 nitrogen and oxygen atoms in total. The molecule has 0 saturated heterocycles. The van der Waals surface area contributed by atoms with Crippen LogP contribution in [0.2, 0.25) is 0 Å². The van der Waals surface area contributed by atoms with Crippen molar-refractivity contribution in [2.45, 2.75) is 11.8 Å². The van der Waals surface area contributed by atoms with E-state index in [0.717, 1.165) is 0 Å². The molecule has 0 spiro atoms. The number of hydrogen-bond acceptors (Lipinski definition) is 1. The molecule has 1 aromatic heterocycles. The van der Waals surface area contributed by atoms with Crippen molar-refractivity contribution in [2.75, 3.05) is 0 Å². The normalized spacial score (nSPS) is 12.7. The van der Waals surface area contributed by atoms with Gasteiger partial charge in [0.15, 0.2) is 0 Å². The fourth-order valence-electron chi connectivity index (χ4n) is 1.49. The van der Waals surface area contributed by atoms with Gasteiger partial charge in [0, 0.05) is 4.88 Å². The van der Waals surface area contributed by atoms with Crippen molar-refractivity contribution in [1.82, 2.24) is 0 Å². The third-order valence-electron chi connectivity index (χ3n) is 2.31. The molecule has 0 aliphatic heterocycles. The largest absolute Gasteiger partial charge is 0.132 e.